The molecule has 6 nitrogen and oxygen atoms in total. The van der Waals surface area contributed by atoms with Gasteiger partial charge >= 0.3 is 5.97 Å². The van der Waals surface area contributed by atoms with Gasteiger partial charge in [-0.25, -0.2) is 4.79 Å². The van der Waals surface area contributed by atoms with Gasteiger partial charge in [0.15, 0.2) is 5.96 Å². The number of carbonyl (C=O) groups excluding carboxylic acids is 1. The second-order valence-corrected chi connectivity index (χ2v) is 6.47. The molecule has 0 aromatic heterocycles. The highest BCUT2D eigenvalue weighted by molar-refractivity contribution is 5.89. The Kier molecular flexibility index (Phi) is 8.99. The zero-order chi connectivity index (χ0) is 18.8. The number of nitrogens with zero attached hydrogens (tertiary/aromatic N) is 2. The fraction of sp³-hybridized carbons (Fsp3) is 0.579. The van der Waals surface area contributed by atoms with Crippen molar-refractivity contribution in [1.82, 2.24) is 15.5 Å². The van der Waals surface area contributed by atoms with Crippen LogP contribution in [0, 0.1) is 0 Å². The summed E-state index contributed by atoms with van der Waals surface area (Å²) < 4.78 is 4.70. The third-order valence-electron chi connectivity index (χ3n) is 4.05. The molecule has 0 spiro atoms. The van der Waals surface area contributed by atoms with Gasteiger partial charge in [-0.05, 0) is 45.4 Å². The Hall–Kier alpha value is -2.08. The van der Waals surface area contributed by atoms with Gasteiger partial charge in [0.05, 0.1) is 12.7 Å². The van der Waals surface area contributed by atoms with E-state index in [1.54, 1.807) is 19.2 Å². The molecule has 2 N–H and O–H groups in total. The molecule has 0 aliphatic heterocycles. The van der Waals surface area contributed by atoms with Gasteiger partial charge in [-0.15, -0.1) is 0 Å². The van der Waals surface area contributed by atoms with Crippen molar-refractivity contribution in [3.05, 3.63) is 35.4 Å². The van der Waals surface area contributed by atoms with Crippen LogP contribution in [0.15, 0.2) is 29.3 Å². The average molecular weight is 348 g/mol. The largest absolute Gasteiger partial charge is 0.465 e. The average Bonchev–Trinajstić information content (AvgIpc) is 2.60. The van der Waals surface area contributed by atoms with Crippen LogP contribution >= 0.6 is 0 Å². The molecule has 0 radical (unpaired) electrons. The molecule has 0 heterocycles. The van der Waals surface area contributed by atoms with Gasteiger partial charge in [-0.2, -0.15) is 0 Å². The molecule has 1 aromatic carbocycles. The smallest absolute Gasteiger partial charge is 0.337 e. The van der Waals surface area contributed by atoms with E-state index in [4.69, 9.17) is 4.74 Å². The molecule has 1 aromatic rings. The fourth-order valence-electron chi connectivity index (χ4n) is 2.70. The molecule has 0 saturated carbocycles. The molecule has 0 aliphatic rings. The van der Waals surface area contributed by atoms with Crippen molar-refractivity contribution >= 4 is 11.9 Å². The Bertz CT molecular complexity index is 545. The Balaban J connectivity index is 2.45. The predicted molar refractivity (Wildman–Crippen MR) is 103 cm³/mol. The van der Waals surface area contributed by atoms with Crippen molar-refractivity contribution in [3.8, 4) is 0 Å². The van der Waals surface area contributed by atoms with Crippen molar-refractivity contribution < 1.29 is 9.53 Å². The summed E-state index contributed by atoms with van der Waals surface area (Å²) in [7, 11) is 3.14. The van der Waals surface area contributed by atoms with Crippen molar-refractivity contribution in [2.45, 2.75) is 46.3 Å². The molecule has 0 saturated heterocycles. The Morgan fingerprint density at radius 1 is 1.12 bits per heavy atom. The molecule has 0 atom stereocenters. The van der Waals surface area contributed by atoms with Crippen LogP contribution < -0.4 is 10.6 Å². The van der Waals surface area contributed by atoms with E-state index in [-0.39, 0.29) is 5.97 Å². The molecule has 1 rings (SSSR count). The van der Waals surface area contributed by atoms with Gasteiger partial charge in [-0.1, -0.05) is 12.1 Å². The predicted octanol–water partition coefficient (Wildman–Crippen LogP) is 2.26. The van der Waals surface area contributed by atoms with Crippen LogP contribution in [0.3, 0.4) is 0 Å². The molecule has 6 heteroatoms. The van der Waals surface area contributed by atoms with Crippen molar-refractivity contribution in [2.24, 2.45) is 4.99 Å². The number of benzene rings is 1. The van der Waals surface area contributed by atoms with E-state index in [2.05, 4.69) is 48.2 Å². The van der Waals surface area contributed by atoms with Crippen molar-refractivity contribution in [2.75, 3.05) is 27.2 Å². The molecule has 0 unspecified atom stereocenters. The first-order chi connectivity index (χ1) is 11.9. The summed E-state index contributed by atoms with van der Waals surface area (Å²) in [6.07, 6.45) is 0. The Labute approximate surface area is 151 Å². The number of hydrogen-bond acceptors (Lipinski definition) is 4. The number of rotatable bonds is 8. The summed E-state index contributed by atoms with van der Waals surface area (Å²) in [5.41, 5.74) is 1.62. The van der Waals surface area contributed by atoms with E-state index in [1.807, 2.05) is 12.1 Å². The summed E-state index contributed by atoms with van der Waals surface area (Å²) >= 11 is 0. The minimum Gasteiger partial charge on any atom is -0.465 e. The summed E-state index contributed by atoms with van der Waals surface area (Å²) in [4.78, 5) is 18.1. The highest BCUT2D eigenvalue weighted by atomic mass is 16.5. The van der Waals surface area contributed by atoms with Crippen LogP contribution in [-0.4, -0.2) is 56.2 Å². The van der Waals surface area contributed by atoms with E-state index >= 15 is 0 Å². The molecular formula is C19H32N4O2. The van der Waals surface area contributed by atoms with Gasteiger partial charge in [0.25, 0.3) is 0 Å². The van der Waals surface area contributed by atoms with Crippen molar-refractivity contribution in [1.29, 1.82) is 0 Å². The lowest BCUT2D eigenvalue weighted by molar-refractivity contribution is 0.0600. The van der Waals surface area contributed by atoms with Gasteiger partial charge in [0.2, 0.25) is 0 Å². The number of aliphatic imine (C=N–C) groups is 1. The molecule has 0 aliphatic carbocycles. The topological polar surface area (TPSA) is 66.0 Å². The molecule has 0 bridgehead atoms. The lowest BCUT2D eigenvalue weighted by Gasteiger charge is -2.30. The molecule has 25 heavy (non-hydrogen) atoms. The molecular weight excluding hydrogens is 316 g/mol. The van der Waals surface area contributed by atoms with Gasteiger partial charge in [0.1, 0.15) is 0 Å². The second-order valence-electron chi connectivity index (χ2n) is 6.47. The monoisotopic (exact) mass is 348 g/mol. The quantitative estimate of drug-likeness (QED) is 0.429. The summed E-state index contributed by atoms with van der Waals surface area (Å²) in [6, 6.07) is 8.39. The van der Waals surface area contributed by atoms with Crippen LogP contribution in [0.2, 0.25) is 0 Å². The first-order valence-corrected chi connectivity index (χ1v) is 8.76. The first-order valence-electron chi connectivity index (χ1n) is 8.76. The maximum atomic E-state index is 11.4. The Morgan fingerprint density at radius 3 is 2.20 bits per heavy atom. The maximum absolute atomic E-state index is 11.4. The third kappa shape index (κ3) is 7.13. The number of esters is 1. The summed E-state index contributed by atoms with van der Waals surface area (Å²) in [5, 5.41) is 6.63. The van der Waals surface area contributed by atoms with E-state index in [9.17, 15) is 4.79 Å². The minimum atomic E-state index is -0.322. The van der Waals surface area contributed by atoms with Gasteiger partial charge in [-0.3, -0.25) is 9.89 Å². The van der Waals surface area contributed by atoms with Crippen LogP contribution in [0.1, 0.15) is 43.6 Å². The normalized spacial score (nSPS) is 12.0. The number of hydrogen-bond donors (Lipinski definition) is 2. The second kappa shape index (κ2) is 10.7. The lowest BCUT2D eigenvalue weighted by Crippen LogP contribution is -2.45. The zero-order valence-corrected chi connectivity index (χ0v) is 16.3. The van der Waals surface area contributed by atoms with Crippen molar-refractivity contribution in [3.63, 3.8) is 0 Å². The van der Waals surface area contributed by atoms with E-state index in [0.717, 1.165) is 24.6 Å². The number of carbonyl (C=O) groups is 1. The number of ether oxygens (including phenoxy) is 1. The Morgan fingerprint density at radius 2 is 1.72 bits per heavy atom. The number of nitrogens with one attached hydrogen (secondary N) is 2. The van der Waals surface area contributed by atoms with Crippen LogP contribution in [0.4, 0.5) is 0 Å². The molecule has 140 valence electrons. The summed E-state index contributed by atoms with van der Waals surface area (Å²) in [5.74, 6) is 0.446. The number of guanidine groups is 1. The van der Waals surface area contributed by atoms with E-state index in [1.165, 1.54) is 7.11 Å². The fourth-order valence-corrected chi connectivity index (χ4v) is 2.70. The van der Waals surface area contributed by atoms with Crippen LogP contribution in [0.25, 0.3) is 0 Å². The van der Waals surface area contributed by atoms with E-state index < -0.39 is 0 Å². The summed E-state index contributed by atoms with van der Waals surface area (Å²) in [6.45, 7) is 11.3. The lowest BCUT2D eigenvalue weighted by atomic mass is 10.1. The minimum absolute atomic E-state index is 0.322. The van der Waals surface area contributed by atoms with E-state index in [0.29, 0.717) is 24.2 Å². The molecule has 0 amide bonds. The third-order valence-corrected chi connectivity index (χ3v) is 4.05. The van der Waals surface area contributed by atoms with Crippen LogP contribution in [-0.2, 0) is 11.3 Å². The SMILES string of the molecule is CN=C(NCCN(C(C)C)C(C)C)NCc1ccc(C(=O)OC)cc1. The standard InChI is InChI=1S/C19H32N4O2/c1-14(2)23(15(3)4)12-11-21-19(20-5)22-13-16-7-9-17(10-8-16)18(24)25-6/h7-10,14-15H,11-13H2,1-6H3,(H2,20,21,22). The molecule has 0 fully saturated rings. The van der Waals surface area contributed by atoms with Crippen LogP contribution in [0.5, 0.6) is 0 Å². The highest BCUT2D eigenvalue weighted by Gasteiger charge is 2.12. The van der Waals surface area contributed by atoms with Gasteiger partial charge < -0.3 is 15.4 Å². The zero-order valence-electron chi connectivity index (χ0n) is 16.3. The first kappa shape index (κ1) is 21.0. The maximum Gasteiger partial charge on any atom is 0.337 e. The van der Waals surface area contributed by atoms with Gasteiger partial charge in [0, 0.05) is 38.8 Å². The number of methoxy groups -OCH3 is 1. The highest BCUT2D eigenvalue weighted by Crippen LogP contribution is 2.06.